The third-order valence-electron chi connectivity index (χ3n) is 3.36. The van der Waals surface area contributed by atoms with Gasteiger partial charge in [-0.3, -0.25) is 4.98 Å². The first-order valence-electron chi connectivity index (χ1n) is 6.45. The van der Waals surface area contributed by atoms with Crippen molar-refractivity contribution in [3.63, 3.8) is 0 Å². The Kier molecular flexibility index (Phi) is 3.53. The largest absolute Gasteiger partial charge is 0.376 e. The number of pyridine rings is 1. The lowest BCUT2D eigenvalue weighted by Crippen LogP contribution is -2.28. The molecule has 0 spiro atoms. The van der Waals surface area contributed by atoms with Crippen molar-refractivity contribution >= 4 is 10.9 Å². The van der Waals surface area contributed by atoms with E-state index in [4.69, 9.17) is 9.47 Å². The first-order chi connectivity index (χ1) is 8.93. The van der Waals surface area contributed by atoms with Gasteiger partial charge in [0.25, 0.3) is 0 Å². The van der Waals surface area contributed by atoms with E-state index in [0.29, 0.717) is 0 Å². The summed E-state index contributed by atoms with van der Waals surface area (Å²) in [5, 5.41) is 1.25. The van der Waals surface area contributed by atoms with Crippen molar-refractivity contribution in [3.8, 4) is 0 Å². The van der Waals surface area contributed by atoms with Gasteiger partial charge in [0.05, 0.1) is 31.4 Å². The van der Waals surface area contributed by atoms with Crippen LogP contribution in [0.15, 0.2) is 36.5 Å². The molecule has 0 bridgehead atoms. The number of hydrogen-bond acceptors (Lipinski definition) is 3. The number of rotatable bonds is 3. The Hall–Kier alpha value is -1.45. The van der Waals surface area contributed by atoms with Crippen LogP contribution in [-0.2, 0) is 15.9 Å². The fraction of sp³-hybridized carbons (Fsp3) is 0.400. The molecule has 1 aliphatic rings. The van der Waals surface area contributed by atoms with Crippen LogP contribution in [0.25, 0.3) is 10.9 Å². The summed E-state index contributed by atoms with van der Waals surface area (Å²) >= 11 is 0. The molecule has 0 N–H and O–H groups in total. The number of hydrogen-bond donors (Lipinski definition) is 0. The van der Waals surface area contributed by atoms with Gasteiger partial charge in [0.2, 0.25) is 0 Å². The summed E-state index contributed by atoms with van der Waals surface area (Å²) in [5.74, 6) is 0. The normalized spacial score (nSPS) is 20.1. The molecule has 3 rings (SSSR count). The topological polar surface area (TPSA) is 31.4 Å². The molecular weight excluding hydrogens is 226 g/mol. The summed E-state index contributed by atoms with van der Waals surface area (Å²) in [7, 11) is 0. The summed E-state index contributed by atoms with van der Waals surface area (Å²) in [6.07, 6.45) is 4.15. The van der Waals surface area contributed by atoms with Crippen molar-refractivity contribution < 1.29 is 9.47 Å². The van der Waals surface area contributed by atoms with Gasteiger partial charge in [-0.1, -0.05) is 18.2 Å². The van der Waals surface area contributed by atoms with Crippen molar-refractivity contribution in [1.29, 1.82) is 0 Å². The summed E-state index contributed by atoms with van der Waals surface area (Å²) in [4.78, 5) is 4.38. The third-order valence-corrected chi connectivity index (χ3v) is 3.36. The minimum absolute atomic E-state index is 0.241. The monoisotopic (exact) mass is 243 g/mol. The second-order valence-corrected chi connectivity index (χ2v) is 4.59. The smallest absolute Gasteiger partial charge is 0.0812 e. The molecule has 1 aliphatic heterocycles. The third kappa shape index (κ3) is 2.52. The maximum absolute atomic E-state index is 5.67. The van der Waals surface area contributed by atoms with Gasteiger partial charge in [0.15, 0.2) is 0 Å². The van der Waals surface area contributed by atoms with Gasteiger partial charge in [0.1, 0.15) is 0 Å². The van der Waals surface area contributed by atoms with E-state index in [-0.39, 0.29) is 6.10 Å². The molecule has 2 aromatic rings. The predicted molar refractivity (Wildman–Crippen MR) is 70.6 cm³/mol. The van der Waals surface area contributed by atoms with Crippen LogP contribution in [0.3, 0.4) is 0 Å². The summed E-state index contributed by atoms with van der Waals surface area (Å²) < 4.78 is 11.1. The molecule has 2 heterocycles. The minimum atomic E-state index is 0.241. The lowest BCUT2D eigenvalue weighted by Gasteiger charge is -2.22. The highest BCUT2D eigenvalue weighted by Crippen LogP contribution is 2.19. The number of para-hydroxylation sites is 1. The van der Waals surface area contributed by atoms with Crippen LogP contribution in [0, 0.1) is 0 Å². The van der Waals surface area contributed by atoms with E-state index >= 15 is 0 Å². The molecule has 94 valence electrons. The highest BCUT2D eigenvalue weighted by Gasteiger charge is 2.14. The Balaban J connectivity index is 1.74. The van der Waals surface area contributed by atoms with E-state index in [9.17, 15) is 0 Å². The van der Waals surface area contributed by atoms with Gasteiger partial charge >= 0.3 is 0 Å². The summed E-state index contributed by atoms with van der Waals surface area (Å²) in [6.45, 7) is 2.18. The molecule has 1 saturated heterocycles. The number of ether oxygens (including phenoxy) is 2. The van der Waals surface area contributed by atoms with Crippen LogP contribution in [0.4, 0.5) is 0 Å². The van der Waals surface area contributed by atoms with E-state index in [2.05, 4.69) is 29.2 Å². The van der Waals surface area contributed by atoms with Gasteiger partial charge in [-0.2, -0.15) is 0 Å². The zero-order valence-electron chi connectivity index (χ0n) is 10.3. The first-order valence-corrected chi connectivity index (χ1v) is 6.45. The van der Waals surface area contributed by atoms with Gasteiger partial charge in [0, 0.05) is 11.6 Å². The molecule has 3 heteroatoms. The number of benzene rings is 1. The average molecular weight is 243 g/mol. The molecule has 0 radical (unpaired) electrons. The number of aryl methyl sites for hydroxylation is 1. The summed E-state index contributed by atoms with van der Waals surface area (Å²) in [5.41, 5.74) is 2.41. The Morgan fingerprint density at radius 3 is 3.00 bits per heavy atom. The second kappa shape index (κ2) is 5.46. The Bertz CT molecular complexity index is 515. The van der Waals surface area contributed by atoms with Crippen LogP contribution in [0.1, 0.15) is 12.0 Å². The Morgan fingerprint density at radius 2 is 2.11 bits per heavy atom. The van der Waals surface area contributed by atoms with Crippen molar-refractivity contribution in [1.82, 2.24) is 4.98 Å². The van der Waals surface area contributed by atoms with Crippen LogP contribution in [-0.4, -0.2) is 30.9 Å². The van der Waals surface area contributed by atoms with Crippen LogP contribution in [0.5, 0.6) is 0 Å². The highest BCUT2D eigenvalue weighted by atomic mass is 16.6. The number of nitrogens with zero attached hydrogens (tertiary/aromatic N) is 1. The molecule has 1 atom stereocenters. The van der Waals surface area contributed by atoms with E-state index < -0.39 is 0 Å². The zero-order valence-corrected chi connectivity index (χ0v) is 10.3. The van der Waals surface area contributed by atoms with Gasteiger partial charge < -0.3 is 9.47 Å². The Labute approximate surface area is 107 Å². The minimum Gasteiger partial charge on any atom is -0.376 e. The van der Waals surface area contributed by atoms with Crippen molar-refractivity contribution in [2.75, 3.05) is 19.8 Å². The maximum Gasteiger partial charge on any atom is 0.0812 e. The summed E-state index contributed by atoms with van der Waals surface area (Å²) in [6, 6.07) is 10.4. The molecule has 1 unspecified atom stereocenters. The van der Waals surface area contributed by atoms with Gasteiger partial charge in [-0.05, 0) is 30.5 Å². The number of fused-ring (bicyclic) bond motifs is 1. The van der Waals surface area contributed by atoms with E-state index in [1.807, 2.05) is 12.3 Å². The molecular formula is C15H17NO2. The van der Waals surface area contributed by atoms with Crippen molar-refractivity contribution in [2.24, 2.45) is 0 Å². The molecule has 1 aromatic heterocycles. The van der Waals surface area contributed by atoms with Gasteiger partial charge in [-0.15, -0.1) is 0 Å². The molecule has 1 aromatic carbocycles. The number of aromatic nitrogens is 1. The maximum atomic E-state index is 5.67. The van der Waals surface area contributed by atoms with E-state index in [1.165, 1.54) is 10.9 Å². The molecule has 1 fully saturated rings. The molecule has 3 nitrogen and oxygen atoms in total. The molecule has 0 aliphatic carbocycles. The predicted octanol–water partition coefficient (Wildman–Crippen LogP) is 2.58. The second-order valence-electron chi connectivity index (χ2n) is 4.59. The highest BCUT2D eigenvalue weighted by molar-refractivity contribution is 5.81. The zero-order chi connectivity index (χ0) is 12.2. The first kappa shape index (κ1) is 11.6. The molecule has 0 saturated carbocycles. The van der Waals surface area contributed by atoms with Crippen molar-refractivity contribution in [3.05, 3.63) is 42.1 Å². The van der Waals surface area contributed by atoms with E-state index in [1.54, 1.807) is 0 Å². The van der Waals surface area contributed by atoms with Crippen LogP contribution < -0.4 is 0 Å². The van der Waals surface area contributed by atoms with Crippen LogP contribution >= 0.6 is 0 Å². The quantitative estimate of drug-likeness (QED) is 0.830. The fourth-order valence-corrected chi connectivity index (χ4v) is 2.39. The lowest BCUT2D eigenvalue weighted by atomic mass is 10.0. The lowest BCUT2D eigenvalue weighted by molar-refractivity contribution is -0.0903. The van der Waals surface area contributed by atoms with Crippen molar-refractivity contribution in [2.45, 2.75) is 18.9 Å². The SMILES string of the molecule is c1ccc2c(CCC3COCCO3)ccnc2c1. The standard InChI is InChI=1S/C15H17NO2/c1-2-4-15-14(3-1)12(7-8-16-15)5-6-13-11-17-9-10-18-13/h1-4,7-8,13H,5-6,9-11H2. The van der Waals surface area contributed by atoms with Gasteiger partial charge in [-0.25, -0.2) is 0 Å². The average Bonchev–Trinajstić information content (AvgIpc) is 2.46. The fourth-order valence-electron chi connectivity index (χ4n) is 2.39. The van der Waals surface area contributed by atoms with Crippen LogP contribution in [0.2, 0.25) is 0 Å². The molecule has 0 amide bonds. The Morgan fingerprint density at radius 1 is 1.17 bits per heavy atom. The molecule has 18 heavy (non-hydrogen) atoms. The van der Waals surface area contributed by atoms with E-state index in [0.717, 1.165) is 38.2 Å².